The lowest BCUT2D eigenvalue weighted by atomic mass is 10.0. The second-order valence-corrected chi connectivity index (χ2v) is 7.05. The third-order valence-corrected chi connectivity index (χ3v) is 3.45. The van der Waals surface area contributed by atoms with Crippen LogP contribution in [0, 0.1) is 0 Å². The van der Waals surface area contributed by atoms with Crippen molar-refractivity contribution in [3.05, 3.63) is 23.4 Å². The van der Waals surface area contributed by atoms with E-state index in [0.29, 0.717) is 18.5 Å². The molecule has 23 heavy (non-hydrogen) atoms. The Balaban J connectivity index is 2.80. The summed E-state index contributed by atoms with van der Waals surface area (Å²) < 4.78 is 5.34. The average Bonchev–Trinajstić information content (AvgIpc) is 2.42. The summed E-state index contributed by atoms with van der Waals surface area (Å²) in [6.45, 7) is 7.72. The molecule has 0 bridgehead atoms. The molecule has 0 radical (unpaired) electrons. The van der Waals surface area contributed by atoms with Crippen LogP contribution in [0.2, 0.25) is 0 Å². The first-order chi connectivity index (χ1) is 10.5. The summed E-state index contributed by atoms with van der Waals surface area (Å²) in [7, 11) is 3.37. The largest absolute Gasteiger partial charge is 0.442 e. The zero-order valence-electron chi connectivity index (χ0n) is 14.6. The maximum Gasteiger partial charge on any atom is 0.429 e. The van der Waals surface area contributed by atoms with Crippen molar-refractivity contribution in [3.8, 4) is 0 Å². The first kappa shape index (κ1) is 19.4. The van der Waals surface area contributed by atoms with E-state index in [0.717, 1.165) is 5.70 Å². The number of nitrogens with one attached hydrogen (secondary N) is 1. The van der Waals surface area contributed by atoms with E-state index in [1.165, 1.54) is 9.91 Å². The second kappa shape index (κ2) is 7.73. The Kier molecular flexibility index (Phi) is 6.50. The van der Waals surface area contributed by atoms with Crippen LogP contribution < -0.4 is 5.43 Å². The minimum absolute atomic E-state index is 0.111. The van der Waals surface area contributed by atoms with E-state index >= 15 is 0 Å². The molecule has 0 saturated carbocycles. The molecule has 1 unspecified atom stereocenters. The molecule has 0 aromatic carbocycles. The Morgan fingerprint density at radius 2 is 1.96 bits per heavy atom. The summed E-state index contributed by atoms with van der Waals surface area (Å²) in [5, 5.41) is 0.947. The topological polar surface area (TPSA) is 61.9 Å². The van der Waals surface area contributed by atoms with Gasteiger partial charge in [-0.25, -0.2) is 9.80 Å². The first-order valence-corrected chi connectivity index (χ1v) is 8.02. The van der Waals surface area contributed by atoms with Gasteiger partial charge < -0.3 is 9.64 Å². The van der Waals surface area contributed by atoms with Crippen LogP contribution in [0.1, 0.15) is 34.1 Å². The molecule has 130 valence electrons. The molecule has 6 nitrogen and oxygen atoms in total. The summed E-state index contributed by atoms with van der Waals surface area (Å²) in [6.07, 6.45) is 3.44. The normalized spacial score (nSPS) is 17.8. The van der Waals surface area contributed by atoms with E-state index in [2.05, 4.69) is 5.43 Å². The number of rotatable bonds is 4. The lowest BCUT2D eigenvalue weighted by molar-refractivity contribution is -0.124. The molecule has 1 rings (SSSR count). The molecule has 1 aliphatic rings. The molecular formula is C16H26ClN3O3. The van der Waals surface area contributed by atoms with Crippen LogP contribution >= 0.6 is 11.6 Å². The fourth-order valence-electron chi connectivity index (χ4n) is 1.96. The maximum absolute atomic E-state index is 12.1. The van der Waals surface area contributed by atoms with Gasteiger partial charge in [0.25, 0.3) is 5.91 Å². The van der Waals surface area contributed by atoms with Crippen LogP contribution in [0.15, 0.2) is 23.4 Å². The highest BCUT2D eigenvalue weighted by atomic mass is 35.5. The van der Waals surface area contributed by atoms with Crippen LogP contribution in [-0.2, 0) is 9.53 Å². The smallest absolute Gasteiger partial charge is 0.429 e. The quantitative estimate of drug-likeness (QED) is 0.629. The highest BCUT2D eigenvalue weighted by Gasteiger charge is 2.26. The Morgan fingerprint density at radius 1 is 1.35 bits per heavy atom. The van der Waals surface area contributed by atoms with Gasteiger partial charge >= 0.3 is 6.09 Å². The number of ether oxygens (including phenoxy) is 1. The first-order valence-electron chi connectivity index (χ1n) is 7.58. The molecule has 0 aromatic heterocycles. The van der Waals surface area contributed by atoms with Crippen molar-refractivity contribution in [2.24, 2.45) is 0 Å². The number of hydrogen-bond donors (Lipinski definition) is 1. The van der Waals surface area contributed by atoms with E-state index in [1.807, 2.05) is 27.7 Å². The predicted molar refractivity (Wildman–Crippen MR) is 90.9 cm³/mol. The van der Waals surface area contributed by atoms with E-state index in [1.54, 1.807) is 26.2 Å². The van der Waals surface area contributed by atoms with E-state index in [-0.39, 0.29) is 5.91 Å². The Hall–Kier alpha value is -1.69. The average molecular weight is 344 g/mol. The number of carbonyl (C=O) groups excluding carboxylic acids is 2. The molecule has 0 fully saturated rings. The number of likely N-dealkylation sites (N-methyl/N-ethyl adjacent to an activating group) is 1. The number of alkyl halides is 1. The standard InChI is InChI=1S/C16H26ClN3O3/c1-7-20(15(22)23-16(2,3)4)18-11-8-9-12(13(17)10-11)14(21)19(5)6/h8-9,13,18H,7,10H2,1-6H3. The molecule has 2 amide bonds. The van der Waals surface area contributed by atoms with Crippen molar-refractivity contribution in [1.29, 1.82) is 0 Å². The molecule has 0 heterocycles. The maximum atomic E-state index is 12.1. The summed E-state index contributed by atoms with van der Waals surface area (Å²) >= 11 is 6.30. The molecule has 0 aliphatic heterocycles. The zero-order chi connectivity index (χ0) is 17.8. The van der Waals surface area contributed by atoms with E-state index in [9.17, 15) is 9.59 Å². The molecule has 0 saturated heterocycles. The molecule has 1 atom stereocenters. The fourth-order valence-corrected chi connectivity index (χ4v) is 2.29. The molecule has 7 heteroatoms. The van der Waals surface area contributed by atoms with Crippen LogP contribution in [0.5, 0.6) is 0 Å². The predicted octanol–water partition coefficient (Wildman–Crippen LogP) is 2.66. The van der Waals surface area contributed by atoms with E-state index < -0.39 is 17.1 Å². The highest BCUT2D eigenvalue weighted by molar-refractivity contribution is 6.26. The molecule has 1 N–H and O–H groups in total. The van der Waals surface area contributed by atoms with Crippen LogP contribution in [0.25, 0.3) is 0 Å². The number of carbonyl (C=O) groups is 2. The van der Waals surface area contributed by atoms with E-state index in [4.69, 9.17) is 16.3 Å². The molecule has 0 spiro atoms. The van der Waals surface area contributed by atoms with Gasteiger partial charge in [0, 0.05) is 38.3 Å². The van der Waals surface area contributed by atoms with Crippen LogP contribution in [0.3, 0.4) is 0 Å². The van der Waals surface area contributed by atoms with Gasteiger partial charge in [0.2, 0.25) is 0 Å². The van der Waals surface area contributed by atoms with Crippen molar-refractivity contribution >= 4 is 23.6 Å². The van der Waals surface area contributed by atoms with Crippen molar-refractivity contribution in [2.75, 3.05) is 20.6 Å². The highest BCUT2D eigenvalue weighted by Crippen LogP contribution is 2.24. The fraction of sp³-hybridized carbons (Fsp3) is 0.625. The van der Waals surface area contributed by atoms with Gasteiger partial charge in [-0.05, 0) is 33.8 Å². The number of amides is 2. The number of halogens is 1. The lowest BCUT2D eigenvalue weighted by Gasteiger charge is -2.30. The summed E-state index contributed by atoms with van der Waals surface area (Å²) in [6, 6.07) is 0. The lowest BCUT2D eigenvalue weighted by Crippen LogP contribution is -2.45. The molecule has 1 aliphatic carbocycles. The van der Waals surface area contributed by atoms with Gasteiger partial charge in [0.1, 0.15) is 5.60 Å². The third-order valence-electron chi connectivity index (χ3n) is 3.06. The van der Waals surface area contributed by atoms with Crippen molar-refractivity contribution in [1.82, 2.24) is 15.3 Å². The van der Waals surface area contributed by atoms with Crippen LogP contribution in [0.4, 0.5) is 4.79 Å². The molecule has 0 aromatic rings. The second-order valence-electron chi connectivity index (χ2n) is 6.52. The molecular weight excluding hydrogens is 318 g/mol. The Morgan fingerprint density at radius 3 is 2.39 bits per heavy atom. The van der Waals surface area contributed by atoms with Crippen molar-refractivity contribution in [2.45, 2.75) is 45.1 Å². The zero-order valence-corrected chi connectivity index (χ0v) is 15.4. The third kappa shape index (κ3) is 5.78. The summed E-state index contributed by atoms with van der Waals surface area (Å²) in [4.78, 5) is 25.6. The van der Waals surface area contributed by atoms with Gasteiger partial charge in [-0.3, -0.25) is 10.2 Å². The summed E-state index contributed by atoms with van der Waals surface area (Å²) in [5.41, 5.74) is 3.75. The van der Waals surface area contributed by atoms with Gasteiger partial charge in [-0.15, -0.1) is 11.6 Å². The Bertz CT molecular complexity index is 521. The minimum Gasteiger partial charge on any atom is -0.442 e. The number of hydrogen-bond acceptors (Lipinski definition) is 4. The number of nitrogens with zero attached hydrogens (tertiary/aromatic N) is 2. The van der Waals surface area contributed by atoms with Gasteiger partial charge in [0.15, 0.2) is 0 Å². The summed E-state index contributed by atoms with van der Waals surface area (Å²) in [5.74, 6) is -0.111. The SMILES string of the molecule is CCN(NC1=CC=C(C(=O)N(C)C)C(Cl)C1)C(=O)OC(C)(C)C. The number of allylic oxidation sites excluding steroid dienone is 3. The number of hydrazine groups is 1. The van der Waals surface area contributed by atoms with Crippen molar-refractivity contribution < 1.29 is 14.3 Å². The van der Waals surface area contributed by atoms with Gasteiger partial charge in [-0.1, -0.05) is 6.08 Å². The Labute approximate surface area is 143 Å². The van der Waals surface area contributed by atoms with Crippen molar-refractivity contribution in [3.63, 3.8) is 0 Å². The minimum atomic E-state index is -0.562. The van der Waals surface area contributed by atoms with Gasteiger partial charge in [-0.2, -0.15) is 0 Å². The van der Waals surface area contributed by atoms with Crippen LogP contribution in [-0.4, -0.2) is 53.5 Å². The van der Waals surface area contributed by atoms with Gasteiger partial charge in [0.05, 0.1) is 5.38 Å². The monoisotopic (exact) mass is 343 g/mol.